The van der Waals surface area contributed by atoms with Gasteiger partial charge in [-0.15, -0.1) is 0 Å². The second-order valence-electron chi connectivity index (χ2n) is 7.26. The van der Waals surface area contributed by atoms with Crippen LogP contribution in [0.1, 0.15) is 46.9 Å². The number of pyridine rings is 2. The van der Waals surface area contributed by atoms with E-state index in [-0.39, 0.29) is 34.1 Å². The van der Waals surface area contributed by atoms with E-state index in [1.165, 1.54) is 19.2 Å². The molecule has 2 aliphatic rings. The first kappa shape index (κ1) is 20.3. The molecule has 1 aliphatic heterocycles. The van der Waals surface area contributed by atoms with Crippen LogP contribution in [0.15, 0.2) is 29.4 Å². The van der Waals surface area contributed by atoms with Crippen LogP contribution in [0.5, 0.6) is 0 Å². The van der Waals surface area contributed by atoms with Crippen LogP contribution in [0.3, 0.4) is 0 Å². The lowest BCUT2D eigenvalue weighted by Gasteiger charge is -2.20. The number of rotatable bonds is 4. The fourth-order valence-electron chi connectivity index (χ4n) is 3.40. The molecule has 1 amide bonds. The number of amides is 1. The second-order valence-corrected chi connectivity index (χ2v) is 9.51. The average molecular weight is 436 g/mol. The number of carbonyl (C=O) groups excluding carboxylic acids is 1. The van der Waals surface area contributed by atoms with Crippen LogP contribution in [0.4, 0.5) is 19.0 Å². The van der Waals surface area contributed by atoms with Gasteiger partial charge in [-0.3, -0.25) is 14.7 Å². The molecule has 156 valence electrons. The van der Waals surface area contributed by atoms with E-state index in [0.717, 1.165) is 11.1 Å². The normalized spacial score (nSPS) is 17.6. The molecule has 2 aromatic heterocycles. The van der Waals surface area contributed by atoms with E-state index in [0.29, 0.717) is 24.5 Å². The maximum atomic E-state index is 13.0. The van der Waals surface area contributed by atoms with Crippen LogP contribution in [-0.2, 0) is 28.0 Å². The van der Waals surface area contributed by atoms with Gasteiger partial charge in [0, 0.05) is 23.5 Å². The van der Waals surface area contributed by atoms with Crippen molar-refractivity contribution in [3.63, 3.8) is 0 Å². The Morgan fingerprint density at radius 2 is 1.93 bits per heavy atom. The van der Waals surface area contributed by atoms with Crippen molar-refractivity contribution < 1.29 is 26.4 Å². The molecule has 7 nitrogen and oxygen atoms in total. The van der Waals surface area contributed by atoms with Crippen molar-refractivity contribution in [2.45, 2.75) is 42.8 Å². The van der Waals surface area contributed by atoms with Crippen LogP contribution in [0, 0.1) is 11.3 Å². The van der Waals surface area contributed by atoms with E-state index in [4.69, 9.17) is 0 Å². The zero-order valence-electron chi connectivity index (χ0n) is 15.7. The number of hydrogen-bond acceptors (Lipinski definition) is 6. The Bertz CT molecular complexity index is 1210. The van der Waals surface area contributed by atoms with Crippen molar-refractivity contribution >= 4 is 21.6 Å². The first-order valence-corrected chi connectivity index (χ1v) is 10.7. The Morgan fingerprint density at radius 1 is 1.23 bits per heavy atom. The van der Waals surface area contributed by atoms with Crippen molar-refractivity contribution in [3.8, 4) is 6.07 Å². The van der Waals surface area contributed by atoms with Gasteiger partial charge in [-0.25, -0.2) is 13.4 Å². The third kappa shape index (κ3) is 3.11. The molecule has 1 aliphatic carbocycles. The lowest BCUT2D eigenvalue weighted by Crippen LogP contribution is -2.27. The highest BCUT2D eigenvalue weighted by Gasteiger charge is 2.46. The predicted octanol–water partition coefficient (Wildman–Crippen LogP) is 3.00. The zero-order valence-corrected chi connectivity index (χ0v) is 16.5. The molecule has 0 unspecified atom stereocenters. The summed E-state index contributed by atoms with van der Waals surface area (Å²) in [5.74, 6) is -1.21. The van der Waals surface area contributed by atoms with E-state index in [2.05, 4.69) is 16.0 Å². The van der Waals surface area contributed by atoms with E-state index in [1.807, 2.05) is 0 Å². The van der Waals surface area contributed by atoms with Gasteiger partial charge in [0.05, 0.1) is 23.8 Å². The minimum Gasteiger partial charge on any atom is -0.287 e. The molecule has 1 fully saturated rings. The van der Waals surface area contributed by atoms with Crippen LogP contribution >= 0.6 is 0 Å². The van der Waals surface area contributed by atoms with Gasteiger partial charge in [0.2, 0.25) is 0 Å². The number of alkyl halides is 3. The van der Waals surface area contributed by atoms with Crippen molar-refractivity contribution in [2.75, 3.05) is 10.7 Å². The molecule has 0 N–H and O–H groups in total. The molecule has 0 saturated heterocycles. The second kappa shape index (κ2) is 6.50. The SMILES string of the molecule is CCS(=O)(=O)c1cc(C2(C#N)CC2)cnc1N1Cc2cnc(C(F)(F)F)cc2C1=O. The smallest absolute Gasteiger partial charge is 0.287 e. The predicted molar refractivity (Wildman–Crippen MR) is 98.2 cm³/mol. The fourth-order valence-corrected chi connectivity index (χ4v) is 4.46. The van der Waals surface area contributed by atoms with E-state index in [9.17, 15) is 31.6 Å². The summed E-state index contributed by atoms with van der Waals surface area (Å²) in [5.41, 5.74) is -1.49. The molecule has 0 bridgehead atoms. The number of aromatic nitrogens is 2. The van der Waals surface area contributed by atoms with Gasteiger partial charge in [0.1, 0.15) is 10.6 Å². The van der Waals surface area contributed by atoms with E-state index < -0.39 is 33.0 Å². The molecule has 3 heterocycles. The van der Waals surface area contributed by atoms with Gasteiger partial charge in [0.15, 0.2) is 15.7 Å². The Morgan fingerprint density at radius 3 is 2.50 bits per heavy atom. The number of sulfone groups is 1. The number of carbonyl (C=O) groups is 1. The molecule has 30 heavy (non-hydrogen) atoms. The number of nitriles is 1. The Kier molecular flexibility index (Phi) is 4.39. The van der Waals surface area contributed by atoms with Crippen LogP contribution in [0.25, 0.3) is 0 Å². The summed E-state index contributed by atoms with van der Waals surface area (Å²) >= 11 is 0. The molecule has 4 rings (SSSR count). The Labute approximate surface area is 170 Å². The van der Waals surface area contributed by atoms with Gasteiger partial charge < -0.3 is 0 Å². The third-order valence-corrected chi connectivity index (χ3v) is 7.13. The van der Waals surface area contributed by atoms with Crippen molar-refractivity contribution in [1.29, 1.82) is 5.26 Å². The summed E-state index contributed by atoms with van der Waals surface area (Å²) in [5, 5.41) is 9.40. The highest BCUT2D eigenvalue weighted by Crippen LogP contribution is 2.48. The van der Waals surface area contributed by atoms with E-state index >= 15 is 0 Å². The first-order chi connectivity index (χ1) is 14.0. The van der Waals surface area contributed by atoms with Gasteiger partial charge in [0.25, 0.3) is 5.91 Å². The summed E-state index contributed by atoms with van der Waals surface area (Å²) in [6, 6.07) is 4.18. The minimum absolute atomic E-state index is 0.152. The molecule has 11 heteroatoms. The minimum atomic E-state index is -4.71. The topological polar surface area (TPSA) is 104 Å². The van der Waals surface area contributed by atoms with Crippen LogP contribution in [-0.4, -0.2) is 30.0 Å². The van der Waals surface area contributed by atoms with Gasteiger partial charge in [-0.05, 0) is 30.5 Å². The van der Waals surface area contributed by atoms with Crippen LogP contribution < -0.4 is 4.90 Å². The molecule has 0 radical (unpaired) electrons. The van der Waals surface area contributed by atoms with Crippen molar-refractivity contribution in [1.82, 2.24) is 9.97 Å². The molecular formula is C19H15F3N4O3S. The molecule has 0 spiro atoms. The largest absolute Gasteiger partial charge is 0.433 e. The average Bonchev–Trinajstić information content (AvgIpc) is 3.45. The van der Waals surface area contributed by atoms with Crippen molar-refractivity contribution in [3.05, 3.63) is 46.9 Å². The summed E-state index contributed by atoms with van der Waals surface area (Å²) < 4.78 is 64.3. The fraction of sp³-hybridized carbons (Fsp3) is 0.368. The highest BCUT2D eigenvalue weighted by molar-refractivity contribution is 7.91. The zero-order chi connectivity index (χ0) is 21.9. The first-order valence-electron chi connectivity index (χ1n) is 9.05. The molecular weight excluding hydrogens is 421 g/mol. The van der Waals surface area contributed by atoms with Crippen molar-refractivity contribution in [2.24, 2.45) is 0 Å². The Hall–Kier alpha value is -3.00. The molecule has 1 saturated carbocycles. The molecule has 2 aromatic rings. The standard InChI is InChI=1S/C19H15F3N4O3S/c1-2-30(28,29)14-5-12(18(10-23)3-4-18)8-25-16(14)26-9-11-7-24-15(19(20,21)22)6-13(11)17(26)27/h5-8H,2-4,9H2,1H3. The lowest BCUT2D eigenvalue weighted by molar-refractivity contribution is -0.141. The number of anilines is 1. The summed E-state index contributed by atoms with van der Waals surface area (Å²) in [6.45, 7) is 1.28. The maximum Gasteiger partial charge on any atom is 0.433 e. The summed E-state index contributed by atoms with van der Waals surface area (Å²) in [7, 11) is -3.83. The summed E-state index contributed by atoms with van der Waals surface area (Å²) in [6.07, 6.45) is -1.23. The number of nitrogens with zero attached hydrogens (tertiary/aromatic N) is 4. The lowest BCUT2D eigenvalue weighted by atomic mass is 10.00. The number of halogens is 3. The van der Waals surface area contributed by atoms with Gasteiger partial charge in [-0.2, -0.15) is 18.4 Å². The number of hydrogen-bond donors (Lipinski definition) is 0. The monoisotopic (exact) mass is 436 g/mol. The molecule has 0 atom stereocenters. The number of fused-ring (bicyclic) bond motifs is 1. The quantitative estimate of drug-likeness (QED) is 0.730. The highest BCUT2D eigenvalue weighted by atomic mass is 32.2. The Balaban J connectivity index is 1.81. The maximum absolute atomic E-state index is 13.0. The third-order valence-electron chi connectivity index (χ3n) is 5.40. The van der Waals surface area contributed by atoms with Gasteiger partial charge in [-0.1, -0.05) is 6.92 Å². The molecule has 0 aromatic carbocycles. The van der Waals surface area contributed by atoms with Gasteiger partial charge >= 0.3 is 6.18 Å². The van der Waals surface area contributed by atoms with E-state index in [1.54, 1.807) is 0 Å². The van der Waals surface area contributed by atoms with Crippen LogP contribution in [0.2, 0.25) is 0 Å². The summed E-state index contributed by atoms with van der Waals surface area (Å²) in [4.78, 5) is 21.2.